The lowest BCUT2D eigenvalue weighted by Crippen LogP contribution is -2.08. The third kappa shape index (κ3) is 4.30. The smallest absolute Gasteiger partial charge is 0.122 e. The number of benzene rings is 2. The van der Waals surface area contributed by atoms with Crippen LogP contribution in [0.15, 0.2) is 54.6 Å². The molecule has 0 amide bonds. The molecule has 0 fully saturated rings. The monoisotopic (exact) mass is 258 g/mol. The molecular formula is C16H18O3. The number of hydrogen-bond acceptors (Lipinski definition) is 3. The van der Waals surface area contributed by atoms with Crippen LogP contribution < -0.4 is 9.47 Å². The fraction of sp³-hybridized carbons (Fsp3) is 0.250. The molecule has 0 aromatic heterocycles. The maximum atomic E-state index is 9.39. The Balaban J connectivity index is 1.74. The van der Waals surface area contributed by atoms with Crippen molar-refractivity contribution in [1.82, 2.24) is 0 Å². The van der Waals surface area contributed by atoms with Crippen LogP contribution in [0.4, 0.5) is 0 Å². The Morgan fingerprint density at radius 1 is 0.842 bits per heavy atom. The van der Waals surface area contributed by atoms with Gasteiger partial charge >= 0.3 is 0 Å². The van der Waals surface area contributed by atoms with E-state index in [9.17, 15) is 5.11 Å². The summed E-state index contributed by atoms with van der Waals surface area (Å²) in [5.74, 6) is 1.62. The molecule has 100 valence electrons. The molecule has 1 unspecified atom stereocenters. The first kappa shape index (κ1) is 13.4. The summed E-state index contributed by atoms with van der Waals surface area (Å²) in [6, 6.07) is 17.1. The van der Waals surface area contributed by atoms with E-state index in [1.54, 1.807) is 6.92 Å². The molecule has 0 heterocycles. The van der Waals surface area contributed by atoms with Crippen LogP contribution in [0.25, 0.3) is 0 Å². The fourth-order valence-corrected chi connectivity index (χ4v) is 1.68. The molecule has 2 rings (SSSR count). The van der Waals surface area contributed by atoms with Crippen LogP contribution in [0.3, 0.4) is 0 Å². The molecule has 1 atom stereocenters. The highest BCUT2D eigenvalue weighted by Gasteiger charge is 2.00. The zero-order chi connectivity index (χ0) is 13.5. The molecule has 2 aromatic carbocycles. The topological polar surface area (TPSA) is 38.7 Å². The van der Waals surface area contributed by atoms with Gasteiger partial charge in [-0.3, -0.25) is 0 Å². The Bertz CT molecular complexity index is 477. The third-order valence-corrected chi connectivity index (χ3v) is 2.73. The van der Waals surface area contributed by atoms with Crippen molar-refractivity contribution < 1.29 is 14.6 Å². The van der Waals surface area contributed by atoms with Crippen molar-refractivity contribution in [2.75, 3.05) is 13.2 Å². The molecule has 2 aromatic rings. The number of aliphatic hydroxyl groups is 1. The molecule has 0 aliphatic rings. The first-order valence-corrected chi connectivity index (χ1v) is 6.34. The maximum absolute atomic E-state index is 9.39. The molecule has 0 bridgehead atoms. The zero-order valence-corrected chi connectivity index (χ0v) is 11.0. The summed E-state index contributed by atoms with van der Waals surface area (Å²) in [5, 5.41) is 9.39. The third-order valence-electron chi connectivity index (χ3n) is 2.73. The fourth-order valence-electron chi connectivity index (χ4n) is 1.68. The highest BCUT2D eigenvalue weighted by molar-refractivity contribution is 5.28. The molecule has 0 radical (unpaired) electrons. The number of ether oxygens (including phenoxy) is 2. The second-order valence-corrected chi connectivity index (χ2v) is 4.25. The van der Waals surface area contributed by atoms with Gasteiger partial charge in [-0.05, 0) is 36.8 Å². The lowest BCUT2D eigenvalue weighted by atomic mass is 10.1. The summed E-state index contributed by atoms with van der Waals surface area (Å²) in [7, 11) is 0. The Hall–Kier alpha value is -2.00. The van der Waals surface area contributed by atoms with E-state index in [1.165, 1.54) is 0 Å². The molecule has 3 nitrogen and oxygen atoms in total. The normalized spacial score (nSPS) is 11.9. The van der Waals surface area contributed by atoms with Crippen molar-refractivity contribution in [3.05, 3.63) is 60.2 Å². The number of para-hydroxylation sites is 1. The van der Waals surface area contributed by atoms with Gasteiger partial charge in [0.2, 0.25) is 0 Å². The first-order chi connectivity index (χ1) is 9.25. The second kappa shape index (κ2) is 6.81. The van der Waals surface area contributed by atoms with Crippen molar-refractivity contribution in [3.8, 4) is 11.5 Å². The number of hydrogen-bond donors (Lipinski definition) is 1. The molecule has 3 heteroatoms. The average Bonchev–Trinajstić information content (AvgIpc) is 2.45. The lowest BCUT2D eigenvalue weighted by molar-refractivity contribution is 0.198. The number of aliphatic hydroxyl groups excluding tert-OH is 1. The molecule has 0 saturated carbocycles. The van der Waals surface area contributed by atoms with Gasteiger partial charge in [-0.1, -0.05) is 30.3 Å². The maximum Gasteiger partial charge on any atom is 0.122 e. The van der Waals surface area contributed by atoms with Gasteiger partial charge in [0.1, 0.15) is 24.7 Å². The Morgan fingerprint density at radius 2 is 1.37 bits per heavy atom. The van der Waals surface area contributed by atoms with E-state index in [2.05, 4.69) is 0 Å². The minimum absolute atomic E-state index is 0.449. The molecule has 0 aliphatic carbocycles. The summed E-state index contributed by atoms with van der Waals surface area (Å²) in [6.45, 7) is 2.73. The van der Waals surface area contributed by atoms with Gasteiger partial charge in [-0.15, -0.1) is 0 Å². The predicted octanol–water partition coefficient (Wildman–Crippen LogP) is 3.20. The highest BCUT2D eigenvalue weighted by Crippen LogP contribution is 2.17. The average molecular weight is 258 g/mol. The van der Waals surface area contributed by atoms with Crippen LogP contribution in [0.5, 0.6) is 11.5 Å². The molecule has 0 aliphatic heterocycles. The summed E-state index contributed by atoms with van der Waals surface area (Å²) in [4.78, 5) is 0. The minimum atomic E-state index is -0.449. The Kier molecular flexibility index (Phi) is 4.81. The molecule has 0 saturated heterocycles. The van der Waals surface area contributed by atoms with E-state index < -0.39 is 6.10 Å². The summed E-state index contributed by atoms with van der Waals surface area (Å²) >= 11 is 0. The standard InChI is InChI=1S/C16H18O3/c1-13(17)14-7-9-16(10-8-14)19-12-11-18-15-5-3-2-4-6-15/h2-10,13,17H,11-12H2,1H3. The Labute approximate surface area is 113 Å². The van der Waals surface area contributed by atoms with Crippen molar-refractivity contribution in [2.45, 2.75) is 13.0 Å². The lowest BCUT2D eigenvalue weighted by Gasteiger charge is -2.09. The van der Waals surface area contributed by atoms with Crippen LogP contribution >= 0.6 is 0 Å². The van der Waals surface area contributed by atoms with Crippen molar-refractivity contribution in [3.63, 3.8) is 0 Å². The molecule has 1 N–H and O–H groups in total. The van der Waals surface area contributed by atoms with Crippen molar-refractivity contribution >= 4 is 0 Å². The van der Waals surface area contributed by atoms with Crippen molar-refractivity contribution in [1.29, 1.82) is 0 Å². The minimum Gasteiger partial charge on any atom is -0.490 e. The van der Waals surface area contributed by atoms with Gasteiger partial charge < -0.3 is 14.6 Å². The van der Waals surface area contributed by atoms with E-state index in [0.29, 0.717) is 13.2 Å². The second-order valence-electron chi connectivity index (χ2n) is 4.25. The largest absolute Gasteiger partial charge is 0.490 e. The van der Waals surface area contributed by atoms with E-state index in [1.807, 2.05) is 54.6 Å². The van der Waals surface area contributed by atoms with Crippen LogP contribution in [0, 0.1) is 0 Å². The quantitative estimate of drug-likeness (QED) is 0.809. The van der Waals surface area contributed by atoms with E-state index in [4.69, 9.17) is 9.47 Å². The van der Waals surface area contributed by atoms with Crippen LogP contribution in [0.1, 0.15) is 18.6 Å². The molecular weight excluding hydrogens is 240 g/mol. The van der Waals surface area contributed by atoms with Gasteiger partial charge in [-0.25, -0.2) is 0 Å². The van der Waals surface area contributed by atoms with Gasteiger partial charge in [0, 0.05) is 0 Å². The zero-order valence-electron chi connectivity index (χ0n) is 11.0. The highest BCUT2D eigenvalue weighted by atomic mass is 16.5. The SMILES string of the molecule is CC(O)c1ccc(OCCOc2ccccc2)cc1. The van der Waals surface area contributed by atoms with E-state index in [0.717, 1.165) is 17.1 Å². The van der Waals surface area contributed by atoms with Crippen LogP contribution in [-0.4, -0.2) is 18.3 Å². The molecule has 19 heavy (non-hydrogen) atoms. The van der Waals surface area contributed by atoms with E-state index in [-0.39, 0.29) is 0 Å². The van der Waals surface area contributed by atoms with Crippen LogP contribution in [-0.2, 0) is 0 Å². The first-order valence-electron chi connectivity index (χ1n) is 6.34. The van der Waals surface area contributed by atoms with Gasteiger partial charge in [0.15, 0.2) is 0 Å². The summed E-state index contributed by atoms with van der Waals surface area (Å²) < 4.78 is 11.1. The van der Waals surface area contributed by atoms with Gasteiger partial charge in [-0.2, -0.15) is 0 Å². The van der Waals surface area contributed by atoms with Crippen LogP contribution in [0.2, 0.25) is 0 Å². The summed E-state index contributed by atoms with van der Waals surface area (Å²) in [6.07, 6.45) is -0.449. The van der Waals surface area contributed by atoms with Crippen molar-refractivity contribution in [2.24, 2.45) is 0 Å². The predicted molar refractivity (Wildman–Crippen MR) is 74.5 cm³/mol. The van der Waals surface area contributed by atoms with Gasteiger partial charge in [0.25, 0.3) is 0 Å². The molecule has 0 spiro atoms. The Morgan fingerprint density at radius 3 is 1.89 bits per heavy atom. The van der Waals surface area contributed by atoms with E-state index >= 15 is 0 Å². The van der Waals surface area contributed by atoms with Gasteiger partial charge in [0.05, 0.1) is 6.10 Å². The number of rotatable bonds is 6. The summed E-state index contributed by atoms with van der Waals surface area (Å²) in [5.41, 5.74) is 0.882.